The highest BCUT2D eigenvalue weighted by Gasteiger charge is 2.37. The second-order valence-electron chi connectivity index (χ2n) is 4.33. The van der Waals surface area contributed by atoms with Gasteiger partial charge in [0, 0.05) is 38.5 Å². The van der Waals surface area contributed by atoms with Crippen LogP contribution < -0.4 is 5.32 Å². The van der Waals surface area contributed by atoms with Crippen molar-refractivity contribution in [3.8, 4) is 0 Å². The third-order valence-electron chi connectivity index (χ3n) is 3.52. The van der Waals surface area contributed by atoms with E-state index in [0.717, 1.165) is 17.2 Å². The number of amides is 1. The molecule has 0 aromatic heterocycles. The topological polar surface area (TPSA) is 52.7 Å². The summed E-state index contributed by atoms with van der Waals surface area (Å²) < 4.78 is 0. The first-order valence-corrected chi connectivity index (χ1v) is 7.67. The van der Waals surface area contributed by atoms with Crippen molar-refractivity contribution < 1.29 is 9.59 Å². The van der Waals surface area contributed by atoms with Gasteiger partial charge in [0.15, 0.2) is 5.78 Å². The molecule has 5 heteroatoms. The highest BCUT2D eigenvalue weighted by atomic mass is 16.2. The molecular weight excluding hydrogens is 266 g/mol. The van der Waals surface area contributed by atoms with Gasteiger partial charge in [0.05, 0.1) is 0 Å². The van der Waals surface area contributed by atoms with Crippen molar-refractivity contribution in [1.82, 2.24) is 15.1 Å². The summed E-state index contributed by atoms with van der Waals surface area (Å²) in [6.07, 6.45) is 0.394. The molecule has 2 heterocycles. The summed E-state index contributed by atoms with van der Waals surface area (Å²) >= 11 is 0. The molecule has 1 amide bonds. The fourth-order valence-corrected chi connectivity index (χ4v) is 2.33. The van der Waals surface area contributed by atoms with Gasteiger partial charge in [0.1, 0.15) is 11.4 Å². The number of fused-ring (bicyclic) bond motifs is 1. The molecule has 0 aromatic rings. The van der Waals surface area contributed by atoms with Gasteiger partial charge in [-0.25, -0.2) is 0 Å². The first-order valence-electron chi connectivity index (χ1n) is 7.67. The van der Waals surface area contributed by atoms with Gasteiger partial charge in [-0.05, 0) is 13.8 Å². The van der Waals surface area contributed by atoms with E-state index in [9.17, 15) is 9.59 Å². The summed E-state index contributed by atoms with van der Waals surface area (Å²) in [5.41, 5.74) is 2.46. The van der Waals surface area contributed by atoms with Crippen molar-refractivity contribution in [1.29, 1.82) is 0 Å². The quantitative estimate of drug-likeness (QED) is 0.755. The van der Waals surface area contributed by atoms with E-state index in [1.165, 1.54) is 0 Å². The molecule has 0 radical (unpaired) electrons. The number of Topliss-reactive ketones (excluding diaryl/α,β-unsaturated/α-hetero) is 1. The van der Waals surface area contributed by atoms with E-state index >= 15 is 0 Å². The summed E-state index contributed by atoms with van der Waals surface area (Å²) in [5.74, 6) is 0.338. The molecule has 0 bridgehead atoms. The van der Waals surface area contributed by atoms with Gasteiger partial charge >= 0.3 is 0 Å². The van der Waals surface area contributed by atoms with Crippen LogP contribution in [-0.4, -0.2) is 42.1 Å². The molecule has 0 aromatic carbocycles. The molecular formula is C16H29N3O2. The number of ketones is 1. The number of likely N-dealkylation sites (N-methyl/N-ethyl adjacent to an activating group) is 1. The number of allylic oxidation sites excluding steroid dienone is 2. The van der Waals surface area contributed by atoms with Crippen LogP contribution in [0.1, 0.15) is 48.0 Å². The molecule has 1 N–H and O–H groups in total. The normalized spacial score (nSPS) is 16.9. The molecule has 0 saturated carbocycles. The third-order valence-corrected chi connectivity index (χ3v) is 3.52. The second kappa shape index (κ2) is 8.49. The van der Waals surface area contributed by atoms with E-state index in [-0.39, 0.29) is 17.3 Å². The van der Waals surface area contributed by atoms with Crippen LogP contribution in [0.5, 0.6) is 0 Å². The molecule has 0 saturated heterocycles. The molecule has 0 atom stereocenters. The highest BCUT2D eigenvalue weighted by molar-refractivity contribution is 6.20. The van der Waals surface area contributed by atoms with E-state index in [4.69, 9.17) is 0 Å². The molecule has 0 unspecified atom stereocenters. The lowest BCUT2D eigenvalue weighted by Gasteiger charge is -2.30. The lowest BCUT2D eigenvalue weighted by Crippen LogP contribution is -2.38. The van der Waals surface area contributed by atoms with Gasteiger partial charge in [0.2, 0.25) is 0 Å². The number of rotatable bonds is 1. The molecule has 5 nitrogen and oxygen atoms in total. The fourth-order valence-electron chi connectivity index (χ4n) is 2.33. The van der Waals surface area contributed by atoms with Crippen LogP contribution in [0.2, 0.25) is 0 Å². The van der Waals surface area contributed by atoms with E-state index in [2.05, 4.69) is 5.32 Å². The molecule has 0 spiro atoms. The first kappa shape index (κ1) is 19.2. The minimum Gasteiger partial charge on any atom is -0.355 e. The van der Waals surface area contributed by atoms with E-state index < -0.39 is 0 Å². The molecule has 2 aliphatic rings. The Labute approximate surface area is 128 Å². The van der Waals surface area contributed by atoms with Crippen molar-refractivity contribution >= 4 is 11.7 Å². The molecule has 0 aliphatic carbocycles. The maximum absolute atomic E-state index is 11.9. The largest absolute Gasteiger partial charge is 0.355 e. The molecule has 2 aliphatic heterocycles. The van der Waals surface area contributed by atoms with Crippen LogP contribution in [0.3, 0.4) is 0 Å². The second-order valence-corrected chi connectivity index (χ2v) is 4.33. The summed E-state index contributed by atoms with van der Waals surface area (Å²) in [6.45, 7) is 12.7. The molecule has 21 heavy (non-hydrogen) atoms. The summed E-state index contributed by atoms with van der Waals surface area (Å²) in [6, 6.07) is 0. The van der Waals surface area contributed by atoms with Crippen molar-refractivity contribution in [2.45, 2.75) is 48.0 Å². The average molecular weight is 295 g/mol. The maximum Gasteiger partial charge on any atom is 0.258 e. The van der Waals surface area contributed by atoms with Crippen molar-refractivity contribution in [2.24, 2.45) is 0 Å². The van der Waals surface area contributed by atoms with Crippen LogP contribution in [0.4, 0.5) is 0 Å². The SMILES string of the molecule is CC.CC.CNC(=O)C1=C2N(C)C(C)=C(C)N2CCC1=O. The van der Waals surface area contributed by atoms with Gasteiger partial charge in [-0.1, -0.05) is 27.7 Å². The Hall–Kier alpha value is -1.78. The maximum atomic E-state index is 11.9. The fraction of sp³-hybridized carbons (Fsp3) is 0.625. The van der Waals surface area contributed by atoms with Crippen molar-refractivity contribution in [3.63, 3.8) is 0 Å². The smallest absolute Gasteiger partial charge is 0.258 e. The Morgan fingerprint density at radius 2 is 1.62 bits per heavy atom. The van der Waals surface area contributed by atoms with Crippen molar-refractivity contribution in [2.75, 3.05) is 20.6 Å². The number of nitrogens with zero attached hydrogens (tertiary/aromatic N) is 2. The zero-order chi connectivity index (χ0) is 16.7. The minimum atomic E-state index is -0.302. The standard InChI is InChI=1S/C12H17N3O2.2C2H6/c1-7-8(2)15-6-5-9(16)10(11(17)13-3)12(15)14(7)4;2*1-2/h5-6H2,1-4H3,(H,13,17);2*1-2H3. The van der Waals surface area contributed by atoms with Crippen LogP contribution in [0, 0.1) is 0 Å². The highest BCUT2D eigenvalue weighted by Crippen LogP contribution is 2.35. The molecule has 2 rings (SSSR count). The van der Waals surface area contributed by atoms with E-state index in [0.29, 0.717) is 13.0 Å². The number of carbonyl (C=O) groups excluding carboxylic acids is 2. The van der Waals surface area contributed by atoms with Crippen LogP contribution in [0.15, 0.2) is 22.8 Å². The summed E-state index contributed by atoms with van der Waals surface area (Å²) in [5, 5.41) is 2.54. The van der Waals surface area contributed by atoms with Crippen molar-refractivity contribution in [3.05, 3.63) is 22.8 Å². The van der Waals surface area contributed by atoms with Gasteiger partial charge in [0.25, 0.3) is 5.91 Å². The Morgan fingerprint density at radius 1 is 1.10 bits per heavy atom. The summed E-state index contributed by atoms with van der Waals surface area (Å²) in [4.78, 5) is 27.7. The van der Waals surface area contributed by atoms with Gasteiger partial charge < -0.3 is 15.1 Å². The Kier molecular flexibility index (Phi) is 7.77. The van der Waals surface area contributed by atoms with Crippen LogP contribution in [-0.2, 0) is 9.59 Å². The van der Waals surface area contributed by atoms with Crippen LogP contribution >= 0.6 is 0 Å². The zero-order valence-electron chi connectivity index (χ0n) is 14.6. The molecule has 120 valence electrons. The Bertz CT molecular complexity index is 464. The summed E-state index contributed by atoms with van der Waals surface area (Å²) in [7, 11) is 3.43. The average Bonchev–Trinajstić information content (AvgIpc) is 2.75. The Morgan fingerprint density at radius 3 is 2.10 bits per heavy atom. The third kappa shape index (κ3) is 3.46. The molecule has 0 fully saturated rings. The van der Waals surface area contributed by atoms with Gasteiger partial charge in [-0.3, -0.25) is 9.59 Å². The number of nitrogens with one attached hydrogen (secondary N) is 1. The predicted molar refractivity (Wildman–Crippen MR) is 86.3 cm³/mol. The lowest BCUT2D eigenvalue weighted by molar-refractivity contribution is -0.123. The Balaban J connectivity index is 0.000000921. The number of hydrogen-bond acceptors (Lipinski definition) is 4. The number of hydrogen-bond donors (Lipinski definition) is 1. The lowest BCUT2D eigenvalue weighted by atomic mass is 10.0. The van der Waals surface area contributed by atoms with E-state index in [1.807, 2.05) is 58.4 Å². The van der Waals surface area contributed by atoms with E-state index in [1.54, 1.807) is 7.05 Å². The zero-order valence-corrected chi connectivity index (χ0v) is 14.6. The minimum absolute atomic E-state index is 0.0787. The monoisotopic (exact) mass is 295 g/mol. The van der Waals surface area contributed by atoms with Crippen LogP contribution in [0.25, 0.3) is 0 Å². The van der Waals surface area contributed by atoms with Gasteiger partial charge in [-0.2, -0.15) is 0 Å². The predicted octanol–water partition coefficient (Wildman–Crippen LogP) is 2.47. The number of carbonyl (C=O) groups is 2. The van der Waals surface area contributed by atoms with Gasteiger partial charge in [-0.15, -0.1) is 0 Å². The first-order chi connectivity index (χ1) is 9.99.